The molecule has 0 saturated heterocycles. The first-order valence-electron chi connectivity index (χ1n) is 2.20. The number of rotatable bonds is 2. The summed E-state index contributed by atoms with van der Waals surface area (Å²) in [6, 6.07) is 2.41. The standard InChI is InChI=1S/C4H9N3.ClH/c1-2-6-4-7-3-5;/h2-3,5H2,1H3;1H. The van der Waals surface area contributed by atoms with Crippen molar-refractivity contribution in [3.63, 3.8) is 0 Å². The zero-order valence-electron chi connectivity index (χ0n) is 4.79. The Hall–Kier alpha value is -0.370. The summed E-state index contributed by atoms with van der Waals surface area (Å²) in [5, 5.41) is 0. The van der Waals surface area contributed by atoms with Gasteiger partial charge in [-0.1, -0.05) is 0 Å². The molecule has 0 atom stereocenters. The summed E-state index contributed by atoms with van der Waals surface area (Å²) in [5.74, 6) is 0. The predicted molar refractivity (Wildman–Crippen MR) is 36.7 cm³/mol. The van der Waals surface area contributed by atoms with Crippen LogP contribution in [0.15, 0.2) is 9.98 Å². The quantitative estimate of drug-likeness (QED) is 0.552. The third kappa shape index (κ3) is 9.16. The monoisotopic (exact) mass is 135 g/mol. The molecule has 0 saturated carbocycles. The van der Waals surface area contributed by atoms with Crippen LogP contribution in [0.5, 0.6) is 0 Å². The Labute approximate surface area is 55.1 Å². The van der Waals surface area contributed by atoms with Crippen molar-refractivity contribution < 1.29 is 0 Å². The number of halogens is 1. The van der Waals surface area contributed by atoms with E-state index in [1.165, 1.54) is 0 Å². The average molecular weight is 136 g/mol. The van der Waals surface area contributed by atoms with Gasteiger partial charge in [0, 0.05) is 6.54 Å². The molecule has 0 rings (SSSR count). The maximum atomic E-state index is 4.98. The lowest BCUT2D eigenvalue weighted by Crippen LogP contribution is -1.91. The van der Waals surface area contributed by atoms with Crippen molar-refractivity contribution in [3.8, 4) is 0 Å². The summed E-state index contributed by atoms with van der Waals surface area (Å²) in [6.07, 6.45) is 0. The van der Waals surface area contributed by atoms with E-state index in [4.69, 9.17) is 5.73 Å². The van der Waals surface area contributed by atoms with E-state index in [0.29, 0.717) is 0 Å². The van der Waals surface area contributed by atoms with E-state index >= 15 is 0 Å². The number of hydrogen-bond acceptors (Lipinski definition) is 3. The van der Waals surface area contributed by atoms with Crippen LogP contribution in [0.3, 0.4) is 0 Å². The molecule has 48 valence electrons. The summed E-state index contributed by atoms with van der Waals surface area (Å²) in [7, 11) is 0. The zero-order chi connectivity index (χ0) is 5.54. The fraction of sp³-hybridized carbons (Fsp3) is 0.750. The van der Waals surface area contributed by atoms with Crippen LogP contribution in [0.1, 0.15) is 6.92 Å². The molecule has 0 aliphatic rings. The smallest absolute Gasteiger partial charge is 0.0970 e. The van der Waals surface area contributed by atoms with Gasteiger partial charge in [0.1, 0.15) is 0 Å². The number of hydrogen-bond donors (Lipinski definition) is 1. The Bertz CT molecular complexity index is 77.3. The normalized spacial score (nSPS) is 6.25. The summed E-state index contributed by atoms with van der Waals surface area (Å²) in [5.41, 5.74) is 4.98. The molecule has 0 radical (unpaired) electrons. The lowest BCUT2D eigenvalue weighted by atomic mass is 10.8. The first-order valence-corrected chi connectivity index (χ1v) is 2.20. The van der Waals surface area contributed by atoms with Gasteiger partial charge in [-0.15, -0.1) is 12.4 Å². The second-order valence-corrected chi connectivity index (χ2v) is 0.915. The van der Waals surface area contributed by atoms with Gasteiger partial charge in [0.2, 0.25) is 0 Å². The van der Waals surface area contributed by atoms with Gasteiger partial charge in [0.25, 0.3) is 0 Å². The van der Waals surface area contributed by atoms with Crippen LogP contribution in [-0.2, 0) is 0 Å². The number of nitrogens with zero attached hydrogens (tertiary/aromatic N) is 2. The van der Waals surface area contributed by atoms with Crippen LogP contribution >= 0.6 is 12.4 Å². The first kappa shape index (κ1) is 10.6. The third-order valence-electron chi connectivity index (χ3n) is 0.391. The third-order valence-corrected chi connectivity index (χ3v) is 0.391. The Morgan fingerprint density at radius 1 is 1.50 bits per heavy atom. The molecule has 2 N–H and O–H groups in total. The van der Waals surface area contributed by atoms with E-state index in [0.717, 1.165) is 6.54 Å². The predicted octanol–water partition coefficient (Wildman–Crippen LogP) is 0.518. The molecule has 3 nitrogen and oxygen atoms in total. The largest absolute Gasteiger partial charge is 0.312 e. The van der Waals surface area contributed by atoms with Crippen LogP contribution < -0.4 is 5.73 Å². The number of aliphatic imine (C=N–C) groups is 2. The molecule has 8 heavy (non-hydrogen) atoms. The molecule has 0 bridgehead atoms. The van der Waals surface area contributed by atoms with Gasteiger partial charge < -0.3 is 5.73 Å². The topological polar surface area (TPSA) is 50.7 Å². The molecule has 0 aliphatic carbocycles. The Morgan fingerprint density at radius 2 is 2.12 bits per heavy atom. The second-order valence-electron chi connectivity index (χ2n) is 0.915. The maximum absolute atomic E-state index is 4.98. The highest BCUT2D eigenvalue weighted by Crippen LogP contribution is 1.57. The molecule has 0 amide bonds. The molecule has 0 aromatic rings. The highest BCUT2D eigenvalue weighted by molar-refractivity contribution is 5.85. The van der Waals surface area contributed by atoms with E-state index in [-0.39, 0.29) is 19.1 Å². The summed E-state index contributed by atoms with van der Waals surface area (Å²) >= 11 is 0. The van der Waals surface area contributed by atoms with E-state index < -0.39 is 0 Å². The Balaban J connectivity index is 0. The van der Waals surface area contributed by atoms with Gasteiger partial charge in [-0.3, -0.25) is 0 Å². The van der Waals surface area contributed by atoms with Crippen LogP contribution in [0, 0.1) is 0 Å². The molecule has 4 heteroatoms. The van der Waals surface area contributed by atoms with Gasteiger partial charge >= 0.3 is 0 Å². The van der Waals surface area contributed by atoms with Crippen LogP contribution in [-0.4, -0.2) is 19.2 Å². The SMILES string of the molecule is CCN=C=NCN.Cl. The van der Waals surface area contributed by atoms with Gasteiger partial charge in [-0.25, -0.2) is 9.98 Å². The lowest BCUT2D eigenvalue weighted by Gasteiger charge is -1.69. The van der Waals surface area contributed by atoms with Crippen LogP contribution in [0.4, 0.5) is 0 Å². The van der Waals surface area contributed by atoms with Crippen molar-refractivity contribution in [1.82, 2.24) is 0 Å². The maximum Gasteiger partial charge on any atom is 0.0970 e. The minimum Gasteiger partial charge on any atom is -0.312 e. The van der Waals surface area contributed by atoms with E-state index in [9.17, 15) is 0 Å². The Morgan fingerprint density at radius 3 is 2.50 bits per heavy atom. The molecule has 0 aromatic carbocycles. The van der Waals surface area contributed by atoms with Crippen molar-refractivity contribution >= 4 is 18.4 Å². The summed E-state index contributed by atoms with van der Waals surface area (Å²) in [4.78, 5) is 7.19. The molecule has 0 unspecified atom stereocenters. The Kier molecular flexibility index (Phi) is 13.0. The molecule has 0 spiro atoms. The molecule has 0 heterocycles. The molecule has 0 aliphatic heterocycles. The van der Waals surface area contributed by atoms with Crippen molar-refractivity contribution in [2.24, 2.45) is 15.7 Å². The van der Waals surface area contributed by atoms with E-state index in [1.807, 2.05) is 6.92 Å². The summed E-state index contributed by atoms with van der Waals surface area (Å²) < 4.78 is 0. The second kappa shape index (κ2) is 9.80. The summed E-state index contributed by atoms with van der Waals surface area (Å²) in [6.45, 7) is 2.92. The van der Waals surface area contributed by atoms with Crippen molar-refractivity contribution in [2.75, 3.05) is 13.2 Å². The lowest BCUT2D eigenvalue weighted by molar-refractivity contribution is 1.06. The number of nitrogens with two attached hydrogens (primary N) is 1. The van der Waals surface area contributed by atoms with Crippen molar-refractivity contribution in [1.29, 1.82) is 0 Å². The van der Waals surface area contributed by atoms with Crippen molar-refractivity contribution in [3.05, 3.63) is 0 Å². The molecule has 0 fully saturated rings. The van der Waals surface area contributed by atoms with Gasteiger partial charge in [-0.05, 0) is 6.92 Å². The van der Waals surface area contributed by atoms with Crippen LogP contribution in [0.25, 0.3) is 0 Å². The van der Waals surface area contributed by atoms with E-state index in [2.05, 4.69) is 16.0 Å². The van der Waals surface area contributed by atoms with Gasteiger partial charge in [-0.2, -0.15) is 0 Å². The minimum absolute atomic E-state index is 0. The minimum atomic E-state index is 0. The average Bonchev–Trinajstić information content (AvgIpc) is 1.69. The first-order chi connectivity index (χ1) is 3.41. The highest BCUT2D eigenvalue weighted by atomic mass is 35.5. The molecular formula is C4H10ClN3. The van der Waals surface area contributed by atoms with Gasteiger partial charge in [0.15, 0.2) is 0 Å². The fourth-order valence-corrected chi connectivity index (χ4v) is 0.162. The van der Waals surface area contributed by atoms with Crippen molar-refractivity contribution in [2.45, 2.75) is 6.92 Å². The van der Waals surface area contributed by atoms with Gasteiger partial charge in [0.05, 0.1) is 12.7 Å². The molecular weight excluding hydrogens is 126 g/mol. The zero-order valence-corrected chi connectivity index (χ0v) is 5.61. The van der Waals surface area contributed by atoms with E-state index in [1.54, 1.807) is 0 Å². The fourth-order valence-electron chi connectivity index (χ4n) is 0.162. The highest BCUT2D eigenvalue weighted by Gasteiger charge is 1.56. The molecule has 0 aromatic heterocycles. The van der Waals surface area contributed by atoms with Crippen LogP contribution in [0.2, 0.25) is 0 Å².